The van der Waals surface area contributed by atoms with Crippen LogP contribution in [0.5, 0.6) is 5.75 Å². The van der Waals surface area contributed by atoms with Gasteiger partial charge in [-0.15, -0.1) is 0 Å². The fraction of sp³-hybridized carbons (Fsp3) is 0.160. The van der Waals surface area contributed by atoms with Gasteiger partial charge >= 0.3 is 5.63 Å². The lowest BCUT2D eigenvalue weighted by Crippen LogP contribution is -2.02. The quantitative estimate of drug-likeness (QED) is 0.338. The summed E-state index contributed by atoms with van der Waals surface area (Å²) in [6, 6.07) is 22.9. The monoisotopic (exact) mass is 404 g/mol. The molecule has 146 valence electrons. The van der Waals surface area contributed by atoms with Gasteiger partial charge in [-0.25, -0.2) is 4.79 Å². The third kappa shape index (κ3) is 4.20. The molecule has 0 radical (unpaired) electrons. The number of hydrogen-bond acceptors (Lipinski definition) is 3. The third-order valence-electron chi connectivity index (χ3n) is 4.87. The van der Waals surface area contributed by atoms with Gasteiger partial charge in [0.1, 0.15) is 17.9 Å². The van der Waals surface area contributed by atoms with Crippen molar-refractivity contribution in [2.75, 3.05) is 0 Å². The Hall–Kier alpha value is -3.04. The van der Waals surface area contributed by atoms with Crippen molar-refractivity contribution >= 4 is 22.6 Å². The molecule has 0 amide bonds. The molecule has 4 rings (SSSR count). The van der Waals surface area contributed by atoms with Gasteiger partial charge in [0.05, 0.1) is 0 Å². The van der Waals surface area contributed by atoms with Crippen LogP contribution in [0, 0.1) is 0 Å². The Balaban J connectivity index is 1.80. The zero-order valence-electron chi connectivity index (χ0n) is 16.2. The molecule has 0 aliphatic carbocycles. The van der Waals surface area contributed by atoms with Gasteiger partial charge in [0, 0.05) is 28.1 Å². The second-order valence-electron chi connectivity index (χ2n) is 6.93. The summed E-state index contributed by atoms with van der Waals surface area (Å²) in [5.74, 6) is 0.715. The van der Waals surface area contributed by atoms with E-state index in [2.05, 4.69) is 13.0 Å². The molecule has 0 spiro atoms. The van der Waals surface area contributed by atoms with Crippen molar-refractivity contribution < 1.29 is 9.15 Å². The van der Waals surface area contributed by atoms with Crippen molar-refractivity contribution in [2.24, 2.45) is 0 Å². The Morgan fingerprint density at radius 1 is 0.931 bits per heavy atom. The summed E-state index contributed by atoms with van der Waals surface area (Å²) < 4.78 is 11.6. The van der Waals surface area contributed by atoms with Gasteiger partial charge in [-0.2, -0.15) is 0 Å². The van der Waals surface area contributed by atoms with E-state index in [4.69, 9.17) is 20.8 Å². The molecule has 0 bridgehead atoms. The van der Waals surface area contributed by atoms with E-state index in [0.717, 1.165) is 40.5 Å². The van der Waals surface area contributed by atoms with Gasteiger partial charge in [0.15, 0.2) is 0 Å². The summed E-state index contributed by atoms with van der Waals surface area (Å²) in [7, 11) is 0. The van der Waals surface area contributed by atoms with Crippen molar-refractivity contribution in [1.29, 1.82) is 0 Å². The first-order valence-corrected chi connectivity index (χ1v) is 10.1. The first-order valence-electron chi connectivity index (χ1n) is 9.68. The summed E-state index contributed by atoms with van der Waals surface area (Å²) in [4.78, 5) is 12.2. The van der Waals surface area contributed by atoms with Crippen LogP contribution in [0.25, 0.3) is 22.1 Å². The summed E-state index contributed by atoms with van der Waals surface area (Å²) >= 11 is 6.26. The van der Waals surface area contributed by atoms with E-state index in [1.807, 2.05) is 60.7 Å². The van der Waals surface area contributed by atoms with E-state index < -0.39 is 0 Å². The minimum Gasteiger partial charge on any atom is -0.488 e. The molecule has 1 heterocycles. The van der Waals surface area contributed by atoms with Crippen molar-refractivity contribution in [3.63, 3.8) is 0 Å². The molecule has 4 aromatic rings. The van der Waals surface area contributed by atoms with Crippen molar-refractivity contribution in [3.05, 3.63) is 99.4 Å². The standard InChI is InChI=1S/C25H21ClO3/c1-2-8-18-13-21-20(17-9-4-3-5-10-17)14-25(27)29-24(21)15-23(18)28-16-19-11-6-7-12-22(19)26/h3-7,9-15H,2,8,16H2,1H3. The van der Waals surface area contributed by atoms with Crippen LogP contribution in [0.4, 0.5) is 0 Å². The average Bonchev–Trinajstić information content (AvgIpc) is 2.74. The largest absolute Gasteiger partial charge is 0.488 e. The maximum atomic E-state index is 12.2. The number of rotatable bonds is 6. The Morgan fingerprint density at radius 2 is 1.69 bits per heavy atom. The Kier molecular flexibility index (Phi) is 5.68. The number of hydrogen-bond donors (Lipinski definition) is 0. The summed E-state index contributed by atoms with van der Waals surface area (Å²) in [6.07, 6.45) is 1.84. The highest BCUT2D eigenvalue weighted by atomic mass is 35.5. The predicted molar refractivity (Wildman–Crippen MR) is 118 cm³/mol. The highest BCUT2D eigenvalue weighted by Gasteiger charge is 2.13. The van der Waals surface area contributed by atoms with Crippen LogP contribution in [0.15, 0.2) is 82.0 Å². The van der Waals surface area contributed by atoms with Gasteiger partial charge in [0.25, 0.3) is 0 Å². The number of halogens is 1. The lowest BCUT2D eigenvalue weighted by atomic mass is 9.98. The maximum Gasteiger partial charge on any atom is 0.336 e. The van der Waals surface area contributed by atoms with Crippen molar-refractivity contribution in [1.82, 2.24) is 0 Å². The minimum absolute atomic E-state index is 0.352. The van der Waals surface area contributed by atoms with Crippen LogP contribution in [0.1, 0.15) is 24.5 Å². The molecule has 3 nitrogen and oxygen atoms in total. The molecule has 0 saturated carbocycles. The molecular formula is C25H21ClO3. The van der Waals surface area contributed by atoms with Gasteiger partial charge in [0.2, 0.25) is 0 Å². The van der Waals surface area contributed by atoms with E-state index in [0.29, 0.717) is 23.0 Å². The van der Waals surface area contributed by atoms with Crippen molar-refractivity contribution in [2.45, 2.75) is 26.4 Å². The molecule has 0 unspecified atom stereocenters. The topological polar surface area (TPSA) is 39.4 Å². The van der Waals surface area contributed by atoms with E-state index in [9.17, 15) is 4.79 Å². The molecule has 3 aromatic carbocycles. The van der Waals surface area contributed by atoms with E-state index >= 15 is 0 Å². The molecule has 4 heteroatoms. The Morgan fingerprint density at radius 3 is 2.45 bits per heavy atom. The van der Waals surface area contributed by atoms with Gasteiger partial charge < -0.3 is 9.15 Å². The molecule has 0 saturated heterocycles. The summed E-state index contributed by atoms with van der Waals surface area (Å²) in [6.45, 7) is 2.48. The smallest absolute Gasteiger partial charge is 0.336 e. The lowest BCUT2D eigenvalue weighted by Gasteiger charge is -2.14. The van der Waals surface area contributed by atoms with E-state index in [-0.39, 0.29) is 5.63 Å². The van der Waals surface area contributed by atoms with Crippen LogP contribution in [0.2, 0.25) is 5.02 Å². The SMILES string of the molecule is CCCc1cc2c(-c3ccccc3)cc(=O)oc2cc1OCc1ccccc1Cl. The fourth-order valence-electron chi connectivity index (χ4n) is 3.46. The summed E-state index contributed by atoms with van der Waals surface area (Å²) in [5.41, 5.74) is 3.99. The third-order valence-corrected chi connectivity index (χ3v) is 5.24. The number of benzene rings is 3. The van der Waals surface area contributed by atoms with Crippen LogP contribution in [-0.2, 0) is 13.0 Å². The van der Waals surface area contributed by atoms with Gasteiger partial charge in [-0.05, 0) is 35.2 Å². The molecule has 0 N–H and O–H groups in total. The average molecular weight is 405 g/mol. The number of fused-ring (bicyclic) bond motifs is 1. The molecular weight excluding hydrogens is 384 g/mol. The first-order chi connectivity index (χ1) is 14.2. The van der Waals surface area contributed by atoms with Crippen LogP contribution in [-0.4, -0.2) is 0 Å². The van der Waals surface area contributed by atoms with Crippen LogP contribution >= 0.6 is 11.6 Å². The maximum absolute atomic E-state index is 12.2. The van der Waals surface area contributed by atoms with Crippen molar-refractivity contribution in [3.8, 4) is 16.9 Å². The lowest BCUT2D eigenvalue weighted by molar-refractivity contribution is 0.303. The molecule has 0 aliphatic rings. The van der Waals surface area contributed by atoms with Crippen LogP contribution < -0.4 is 10.4 Å². The Labute approximate surface area is 174 Å². The molecule has 29 heavy (non-hydrogen) atoms. The fourth-order valence-corrected chi connectivity index (χ4v) is 3.65. The number of ether oxygens (including phenoxy) is 1. The molecule has 0 atom stereocenters. The zero-order chi connectivity index (χ0) is 20.2. The summed E-state index contributed by atoms with van der Waals surface area (Å²) in [5, 5.41) is 1.58. The second-order valence-corrected chi connectivity index (χ2v) is 7.34. The first kappa shape index (κ1) is 19.3. The second kappa shape index (κ2) is 8.54. The van der Waals surface area contributed by atoms with E-state index in [1.54, 1.807) is 6.07 Å². The minimum atomic E-state index is -0.378. The van der Waals surface area contributed by atoms with Gasteiger partial charge in [-0.3, -0.25) is 0 Å². The molecule has 1 aromatic heterocycles. The molecule has 0 aliphatic heterocycles. The zero-order valence-corrected chi connectivity index (χ0v) is 16.9. The predicted octanol–water partition coefficient (Wildman–Crippen LogP) is 6.64. The highest BCUT2D eigenvalue weighted by Crippen LogP contribution is 2.33. The normalized spacial score (nSPS) is 11.0. The number of aryl methyl sites for hydroxylation is 1. The van der Waals surface area contributed by atoms with E-state index in [1.165, 1.54) is 0 Å². The molecule has 0 fully saturated rings. The van der Waals surface area contributed by atoms with Gasteiger partial charge in [-0.1, -0.05) is 73.5 Å². The highest BCUT2D eigenvalue weighted by molar-refractivity contribution is 6.31. The van der Waals surface area contributed by atoms with Crippen LogP contribution in [0.3, 0.4) is 0 Å². The Bertz CT molecular complexity index is 1200.